The summed E-state index contributed by atoms with van der Waals surface area (Å²) >= 11 is 0. The van der Waals surface area contributed by atoms with Gasteiger partial charge in [-0.15, -0.1) is 0 Å². The maximum atomic E-state index is 12.9. The van der Waals surface area contributed by atoms with Crippen LogP contribution in [0.2, 0.25) is 0 Å². The van der Waals surface area contributed by atoms with Gasteiger partial charge in [0.15, 0.2) is 0 Å². The van der Waals surface area contributed by atoms with Crippen LogP contribution in [0.5, 0.6) is 0 Å². The predicted molar refractivity (Wildman–Crippen MR) is 111 cm³/mol. The molecule has 0 spiro atoms. The van der Waals surface area contributed by atoms with Gasteiger partial charge in [-0.25, -0.2) is 23.2 Å². The van der Waals surface area contributed by atoms with Crippen LogP contribution in [0.1, 0.15) is 5.56 Å². The van der Waals surface area contributed by atoms with Gasteiger partial charge in [0, 0.05) is 43.9 Å². The van der Waals surface area contributed by atoms with E-state index in [1.807, 2.05) is 13.0 Å². The number of halogens is 3. The number of aryl methyl sites for hydroxylation is 1. The highest BCUT2D eigenvalue weighted by atomic mass is 32.2. The van der Waals surface area contributed by atoms with Crippen molar-refractivity contribution in [3.8, 4) is 0 Å². The van der Waals surface area contributed by atoms with Crippen molar-refractivity contribution in [2.75, 3.05) is 31.6 Å². The van der Waals surface area contributed by atoms with Crippen molar-refractivity contribution >= 4 is 21.9 Å². The van der Waals surface area contributed by atoms with Crippen molar-refractivity contribution < 1.29 is 36.2 Å². The Morgan fingerprint density at radius 2 is 1.91 bits per heavy atom. The molecule has 0 amide bonds. The minimum Gasteiger partial charge on any atom is -0.475 e. The van der Waals surface area contributed by atoms with E-state index in [0.29, 0.717) is 37.1 Å². The molecule has 4 rings (SSSR count). The Morgan fingerprint density at radius 3 is 2.52 bits per heavy atom. The molecule has 2 aliphatic heterocycles. The monoisotopic (exact) mass is 488 g/mol. The Labute approximate surface area is 188 Å². The molecule has 0 radical (unpaired) electrons. The van der Waals surface area contributed by atoms with Gasteiger partial charge < -0.3 is 15.2 Å². The van der Waals surface area contributed by atoms with E-state index < -0.39 is 22.2 Å². The van der Waals surface area contributed by atoms with Crippen molar-refractivity contribution in [2.45, 2.75) is 24.1 Å². The van der Waals surface area contributed by atoms with Gasteiger partial charge in [0.25, 0.3) is 0 Å². The number of rotatable bonds is 5. The maximum Gasteiger partial charge on any atom is 0.490 e. The van der Waals surface area contributed by atoms with Crippen LogP contribution in [0, 0.1) is 18.8 Å². The Bertz CT molecular complexity index is 1070. The Morgan fingerprint density at radius 1 is 1.24 bits per heavy atom. The van der Waals surface area contributed by atoms with E-state index in [2.05, 4.69) is 15.3 Å². The average Bonchev–Trinajstić information content (AvgIpc) is 3.34. The van der Waals surface area contributed by atoms with Gasteiger partial charge in [-0.05, 0) is 30.7 Å². The first-order valence-corrected chi connectivity index (χ1v) is 11.4. The fourth-order valence-corrected chi connectivity index (χ4v) is 5.30. The summed E-state index contributed by atoms with van der Waals surface area (Å²) in [5.74, 6) is -1.75. The highest BCUT2D eigenvalue weighted by Gasteiger charge is 2.47. The number of nitrogens with zero attached hydrogens (tertiary/aromatic N) is 3. The van der Waals surface area contributed by atoms with E-state index in [0.717, 1.165) is 5.56 Å². The number of carboxylic acid groups (broad SMARTS) is 1. The second-order valence-corrected chi connectivity index (χ2v) is 9.63. The number of nitrogens with one attached hydrogen (secondary N) is 1. The van der Waals surface area contributed by atoms with E-state index in [-0.39, 0.29) is 17.9 Å². The molecular weight excluding hydrogens is 465 g/mol. The van der Waals surface area contributed by atoms with Crippen LogP contribution in [-0.2, 0) is 19.6 Å². The first kappa shape index (κ1) is 24.9. The summed E-state index contributed by atoms with van der Waals surface area (Å²) < 4.78 is 65.0. The molecule has 0 unspecified atom stereocenters. The summed E-state index contributed by atoms with van der Waals surface area (Å²) in [7, 11) is -3.49. The number of aliphatic carboxylic acids is 1. The molecule has 33 heavy (non-hydrogen) atoms. The molecule has 3 atom stereocenters. The van der Waals surface area contributed by atoms with Crippen molar-refractivity contribution in [1.82, 2.24) is 14.3 Å². The number of sulfonamides is 1. The number of benzene rings is 1. The third kappa shape index (κ3) is 6.18. The lowest BCUT2D eigenvalue weighted by Gasteiger charge is -2.20. The van der Waals surface area contributed by atoms with Crippen molar-refractivity contribution in [2.24, 2.45) is 11.8 Å². The molecule has 1 aromatic heterocycles. The minimum absolute atomic E-state index is 0.0434. The maximum absolute atomic E-state index is 12.9. The number of alkyl halides is 3. The quantitative estimate of drug-likeness (QED) is 0.657. The van der Waals surface area contributed by atoms with Crippen molar-refractivity contribution in [1.29, 1.82) is 0 Å². The largest absolute Gasteiger partial charge is 0.490 e. The normalized spacial score (nSPS) is 22.8. The van der Waals surface area contributed by atoms with Crippen LogP contribution < -0.4 is 5.32 Å². The number of carboxylic acids is 1. The molecule has 2 N–H and O–H groups in total. The first-order valence-electron chi connectivity index (χ1n) is 9.98. The van der Waals surface area contributed by atoms with Gasteiger partial charge in [0.2, 0.25) is 16.0 Å². The van der Waals surface area contributed by atoms with Crippen molar-refractivity contribution in [3.63, 3.8) is 0 Å². The molecule has 2 aliphatic rings. The zero-order valence-corrected chi connectivity index (χ0v) is 18.4. The summed E-state index contributed by atoms with van der Waals surface area (Å²) in [6.45, 7) is 4.10. The van der Waals surface area contributed by atoms with Gasteiger partial charge in [0.1, 0.15) is 0 Å². The number of aromatic nitrogens is 2. The molecule has 3 heterocycles. The van der Waals surface area contributed by atoms with E-state index >= 15 is 0 Å². The number of hydrogen-bond donors (Lipinski definition) is 2. The van der Waals surface area contributed by atoms with E-state index in [4.69, 9.17) is 14.6 Å². The Balaban J connectivity index is 0.000000383. The molecule has 2 fully saturated rings. The van der Waals surface area contributed by atoms with Crippen molar-refractivity contribution in [3.05, 3.63) is 48.3 Å². The summed E-state index contributed by atoms with van der Waals surface area (Å²) in [4.78, 5) is 17.6. The topological polar surface area (TPSA) is 122 Å². The number of ether oxygens (including phenoxy) is 1. The van der Waals surface area contributed by atoms with Crippen LogP contribution >= 0.6 is 0 Å². The highest BCUT2D eigenvalue weighted by molar-refractivity contribution is 7.89. The molecular formula is C20H23F3N4O5S. The fraction of sp³-hybridized carbons (Fsp3) is 0.450. The Kier molecular flexibility index (Phi) is 7.55. The van der Waals surface area contributed by atoms with E-state index in [1.54, 1.807) is 41.0 Å². The SMILES string of the molecule is Cc1cccc(S(=O)(=O)N2C[C@@H]3[C@@H](CNc4ncccn4)CO[C@@H]3C2)c1.O=C(O)C(F)(F)F. The second-order valence-electron chi connectivity index (χ2n) is 7.69. The zero-order valence-electron chi connectivity index (χ0n) is 17.6. The minimum atomic E-state index is -5.08. The van der Waals surface area contributed by atoms with Crippen LogP contribution in [0.3, 0.4) is 0 Å². The Hall–Kier alpha value is -2.77. The fourth-order valence-electron chi connectivity index (χ4n) is 3.71. The lowest BCUT2D eigenvalue weighted by molar-refractivity contribution is -0.192. The second kappa shape index (κ2) is 10.0. The van der Waals surface area contributed by atoms with E-state index in [1.165, 1.54) is 0 Å². The molecule has 13 heteroatoms. The molecule has 9 nitrogen and oxygen atoms in total. The van der Waals surface area contributed by atoms with Crippen LogP contribution in [0.25, 0.3) is 0 Å². The zero-order chi connectivity index (χ0) is 24.2. The van der Waals surface area contributed by atoms with Gasteiger partial charge in [-0.1, -0.05) is 12.1 Å². The smallest absolute Gasteiger partial charge is 0.475 e. The molecule has 0 saturated carbocycles. The van der Waals surface area contributed by atoms with Crippen LogP contribution in [0.15, 0.2) is 47.6 Å². The van der Waals surface area contributed by atoms with E-state index in [9.17, 15) is 21.6 Å². The third-order valence-electron chi connectivity index (χ3n) is 5.36. The van der Waals surface area contributed by atoms with Gasteiger partial charge in [0.05, 0.1) is 17.6 Å². The van der Waals surface area contributed by atoms with Gasteiger partial charge in [-0.3, -0.25) is 0 Å². The summed E-state index contributed by atoms with van der Waals surface area (Å²) in [5.41, 5.74) is 0.937. The number of anilines is 1. The highest BCUT2D eigenvalue weighted by Crippen LogP contribution is 2.36. The molecule has 2 saturated heterocycles. The predicted octanol–water partition coefficient (Wildman–Crippen LogP) is 2.17. The summed E-state index contributed by atoms with van der Waals surface area (Å²) in [6.07, 6.45) is -1.75. The number of hydrogen-bond acceptors (Lipinski definition) is 7. The van der Waals surface area contributed by atoms with Crippen LogP contribution in [0.4, 0.5) is 19.1 Å². The molecule has 0 aliphatic carbocycles. The third-order valence-corrected chi connectivity index (χ3v) is 7.19. The van der Waals surface area contributed by atoms with Crippen LogP contribution in [-0.4, -0.2) is 72.3 Å². The lowest BCUT2D eigenvalue weighted by Crippen LogP contribution is -2.32. The van der Waals surface area contributed by atoms with Gasteiger partial charge in [-0.2, -0.15) is 17.5 Å². The number of carbonyl (C=O) groups is 1. The summed E-state index contributed by atoms with van der Waals surface area (Å²) in [6, 6.07) is 8.82. The first-order chi connectivity index (χ1) is 15.5. The molecule has 1 aromatic carbocycles. The summed E-state index contributed by atoms with van der Waals surface area (Å²) in [5, 5.41) is 10.3. The standard InChI is InChI=1S/C18H22N4O3S.C2HF3O2/c1-13-4-2-5-15(8-13)26(23,24)22-10-16-14(12-25-17(16)11-22)9-21-18-19-6-3-7-20-18;3-2(4,5)1(6)7/h2-8,14,16-17H,9-12H2,1H3,(H,19,20,21);(H,6,7)/t14-,16+,17+;/m0./s1. The molecule has 2 aromatic rings. The molecule has 0 bridgehead atoms. The molecule has 180 valence electrons. The average molecular weight is 488 g/mol. The number of fused-ring (bicyclic) bond motifs is 1. The van der Waals surface area contributed by atoms with Gasteiger partial charge >= 0.3 is 12.1 Å². The lowest BCUT2D eigenvalue weighted by atomic mass is 9.93.